The molecule has 1 aliphatic rings. The van der Waals surface area contributed by atoms with E-state index in [0.717, 1.165) is 0 Å². The van der Waals surface area contributed by atoms with Gasteiger partial charge < -0.3 is 0 Å². The molecule has 0 saturated carbocycles. The summed E-state index contributed by atoms with van der Waals surface area (Å²) < 4.78 is 2.12. The summed E-state index contributed by atoms with van der Waals surface area (Å²) in [5.74, 6) is 2.53. The van der Waals surface area contributed by atoms with Gasteiger partial charge in [-0.1, -0.05) is 0 Å². The first kappa shape index (κ1) is 5.16. The van der Waals surface area contributed by atoms with Crippen molar-refractivity contribution in [3.05, 3.63) is 0 Å². The van der Waals surface area contributed by atoms with Gasteiger partial charge >= 0.3 is 0 Å². The highest BCUT2D eigenvalue weighted by atomic mass is 32.2. The van der Waals surface area contributed by atoms with Crippen LogP contribution in [0, 0.1) is 0 Å². The van der Waals surface area contributed by atoms with Gasteiger partial charge in [-0.25, -0.2) is 4.58 Å². The molecule has 40 valence electrons. The molecular weight excluding hydrogens is 106 g/mol. The van der Waals surface area contributed by atoms with E-state index in [1.807, 2.05) is 11.8 Å². The number of hydrogen-bond acceptors (Lipinski definition) is 1. The Balaban J connectivity index is 2.25. The van der Waals surface area contributed by atoms with Crippen LogP contribution < -0.4 is 0 Å². The summed E-state index contributed by atoms with van der Waals surface area (Å²) in [4.78, 5) is 0. The predicted octanol–water partition coefficient (Wildman–Crippen LogP) is 0.446. The lowest BCUT2D eigenvalue weighted by Crippen LogP contribution is -2.21. The highest BCUT2D eigenvalue weighted by molar-refractivity contribution is 7.99. The molecule has 7 heavy (non-hydrogen) atoms. The zero-order valence-electron chi connectivity index (χ0n) is 4.39. The summed E-state index contributed by atoms with van der Waals surface area (Å²) in [5, 5.41) is 0. The van der Waals surface area contributed by atoms with Gasteiger partial charge in [0.1, 0.15) is 6.72 Å². The van der Waals surface area contributed by atoms with E-state index in [2.05, 4.69) is 11.3 Å². The van der Waals surface area contributed by atoms with Gasteiger partial charge in [-0.15, -0.1) is 11.8 Å². The highest BCUT2D eigenvalue weighted by Crippen LogP contribution is 2.03. The number of thioether (sulfide) groups is 1. The van der Waals surface area contributed by atoms with Gasteiger partial charge in [0.25, 0.3) is 0 Å². The van der Waals surface area contributed by atoms with Crippen molar-refractivity contribution < 1.29 is 4.58 Å². The molecule has 0 atom stereocenters. The average molecular weight is 116 g/mol. The first-order chi connectivity index (χ1) is 3.39. The van der Waals surface area contributed by atoms with E-state index in [4.69, 9.17) is 0 Å². The number of hydrogen-bond donors (Lipinski definition) is 0. The fourth-order valence-corrected chi connectivity index (χ4v) is 1.58. The second kappa shape index (κ2) is 2.36. The van der Waals surface area contributed by atoms with Crippen molar-refractivity contribution in [3.63, 3.8) is 0 Å². The van der Waals surface area contributed by atoms with Crippen LogP contribution in [0.4, 0.5) is 0 Å². The summed E-state index contributed by atoms with van der Waals surface area (Å²) in [5.41, 5.74) is 0. The SMILES string of the molecule is C=[N+]1CCSCC1. The molecule has 1 saturated heterocycles. The molecule has 2 heteroatoms. The van der Waals surface area contributed by atoms with Crippen LogP contribution >= 0.6 is 11.8 Å². The maximum atomic E-state index is 3.82. The Kier molecular flexibility index (Phi) is 1.74. The predicted molar refractivity (Wildman–Crippen MR) is 34.4 cm³/mol. The Morgan fingerprint density at radius 3 is 2.14 bits per heavy atom. The zero-order chi connectivity index (χ0) is 5.11. The normalized spacial score (nSPS) is 22.6. The zero-order valence-corrected chi connectivity index (χ0v) is 5.21. The second-order valence-electron chi connectivity index (χ2n) is 1.73. The van der Waals surface area contributed by atoms with Crippen molar-refractivity contribution in [2.24, 2.45) is 0 Å². The second-order valence-corrected chi connectivity index (χ2v) is 2.96. The van der Waals surface area contributed by atoms with Gasteiger partial charge in [0.2, 0.25) is 0 Å². The van der Waals surface area contributed by atoms with Crippen molar-refractivity contribution in [1.82, 2.24) is 0 Å². The van der Waals surface area contributed by atoms with Gasteiger partial charge in [-0.3, -0.25) is 0 Å². The lowest BCUT2D eigenvalue weighted by Gasteiger charge is -2.05. The first-order valence-corrected chi connectivity index (χ1v) is 3.68. The molecule has 0 aromatic rings. The molecular formula is C5H10NS+. The highest BCUT2D eigenvalue weighted by Gasteiger charge is 2.06. The van der Waals surface area contributed by atoms with E-state index in [1.54, 1.807) is 0 Å². The summed E-state index contributed by atoms with van der Waals surface area (Å²) in [6.45, 7) is 6.16. The largest absolute Gasteiger partial charge is 0.241 e. The lowest BCUT2D eigenvalue weighted by atomic mass is 10.6. The van der Waals surface area contributed by atoms with Crippen LogP contribution in [-0.2, 0) is 0 Å². The van der Waals surface area contributed by atoms with Gasteiger partial charge in [0.05, 0.1) is 11.5 Å². The topological polar surface area (TPSA) is 3.01 Å². The molecule has 1 aliphatic heterocycles. The maximum Gasteiger partial charge on any atom is 0.151 e. The molecule has 0 radical (unpaired) electrons. The van der Waals surface area contributed by atoms with Crippen molar-refractivity contribution >= 4 is 18.5 Å². The summed E-state index contributed by atoms with van der Waals surface area (Å²) in [7, 11) is 0. The van der Waals surface area contributed by atoms with E-state index < -0.39 is 0 Å². The average Bonchev–Trinajstić information content (AvgIpc) is 1.69. The van der Waals surface area contributed by atoms with Crippen LogP contribution in [-0.4, -0.2) is 35.9 Å². The molecule has 0 bridgehead atoms. The summed E-state index contributed by atoms with van der Waals surface area (Å²) in [6, 6.07) is 0. The van der Waals surface area contributed by atoms with Crippen LogP contribution in [0.5, 0.6) is 0 Å². The smallest absolute Gasteiger partial charge is 0.151 e. The number of nitrogens with zero attached hydrogens (tertiary/aromatic N) is 1. The fourth-order valence-electron chi connectivity index (χ4n) is 0.601. The molecule has 0 amide bonds. The maximum absolute atomic E-state index is 3.82. The van der Waals surface area contributed by atoms with E-state index >= 15 is 0 Å². The Morgan fingerprint density at radius 2 is 1.86 bits per heavy atom. The third-order valence-electron chi connectivity index (χ3n) is 1.10. The Morgan fingerprint density at radius 1 is 1.29 bits per heavy atom. The minimum absolute atomic E-state index is 1.17. The Hall–Kier alpha value is 0.0200. The molecule has 0 aliphatic carbocycles. The standard InChI is InChI=1S/C5H10NS/c1-6-2-4-7-5-3-6/h1-5H2/q+1. The summed E-state index contributed by atoms with van der Waals surface area (Å²) >= 11 is 2.02. The molecule has 0 aromatic heterocycles. The van der Waals surface area contributed by atoms with Crippen LogP contribution in [0.3, 0.4) is 0 Å². The van der Waals surface area contributed by atoms with Crippen LogP contribution in [0.15, 0.2) is 0 Å². The van der Waals surface area contributed by atoms with E-state index in [9.17, 15) is 0 Å². The van der Waals surface area contributed by atoms with Crippen molar-refractivity contribution in [1.29, 1.82) is 0 Å². The summed E-state index contributed by atoms with van der Waals surface area (Å²) in [6.07, 6.45) is 0. The minimum atomic E-state index is 1.17. The number of rotatable bonds is 0. The van der Waals surface area contributed by atoms with Crippen molar-refractivity contribution in [2.45, 2.75) is 0 Å². The third kappa shape index (κ3) is 1.51. The van der Waals surface area contributed by atoms with Gasteiger partial charge in [0.15, 0.2) is 13.1 Å². The molecule has 1 nitrogen and oxygen atoms in total. The first-order valence-electron chi connectivity index (χ1n) is 2.53. The van der Waals surface area contributed by atoms with Crippen molar-refractivity contribution in [2.75, 3.05) is 24.6 Å². The van der Waals surface area contributed by atoms with E-state index in [0.29, 0.717) is 0 Å². The molecule has 1 heterocycles. The molecule has 1 rings (SSSR count). The van der Waals surface area contributed by atoms with Gasteiger partial charge in [0, 0.05) is 0 Å². The Bertz CT molecular complexity index is 72.1. The Labute approximate surface area is 48.4 Å². The van der Waals surface area contributed by atoms with Crippen molar-refractivity contribution in [3.8, 4) is 0 Å². The molecule has 0 spiro atoms. The third-order valence-corrected chi connectivity index (χ3v) is 2.05. The fraction of sp³-hybridized carbons (Fsp3) is 0.800. The van der Waals surface area contributed by atoms with Crippen LogP contribution in [0.25, 0.3) is 0 Å². The minimum Gasteiger partial charge on any atom is -0.241 e. The monoisotopic (exact) mass is 116 g/mol. The van der Waals surface area contributed by atoms with E-state index in [1.165, 1.54) is 24.6 Å². The van der Waals surface area contributed by atoms with Gasteiger partial charge in [-0.2, -0.15) is 0 Å². The van der Waals surface area contributed by atoms with E-state index in [-0.39, 0.29) is 0 Å². The van der Waals surface area contributed by atoms with Crippen LogP contribution in [0.2, 0.25) is 0 Å². The van der Waals surface area contributed by atoms with Crippen LogP contribution in [0.1, 0.15) is 0 Å². The molecule has 0 aromatic carbocycles. The molecule has 0 unspecified atom stereocenters. The lowest BCUT2D eigenvalue weighted by molar-refractivity contribution is -0.511. The van der Waals surface area contributed by atoms with Gasteiger partial charge in [-0.05, 0) is 0 Å². The molecule has 1 fully saturated rings. The molecule has 0 N–H and O–H groups in total. The quantitative estimate of drug-likeness (QED) is 0.415.